The number of benzene rings is 1. The van der Waals surface area contributed by atoms with Crippen molar-refractivity contribution in [3.8, 4) is 11.5 Å². The summed E-state index contributed by atoms with van der Waals surface area (Å²) < 4.78 is 5.82. The highest BCUT2D eigenvalue weighted by atomic mass is 16.5. The zero-order valence-corrected chi connectivity index (χ0v) is 11.7. The summed E-state index contributed by atoms with van der Waals surface area (Å²) in [4.78, 5) is 4.21. The van der Waals surface area contributed by atoms with Gasteiger partial charge >= 0.3 is 0 Å². The summed E-state index contributed by atoms with van der Waals surface area (Å²) in [6.45, 7) is 7.18. The Labute approximate surface area is 114 Å². The second kappa shape index (κ2) is 6.34. The molecule has 1 N–H and O–H groups in total. The Morgan fingerprint density at radius 1 is 1.21 bits per heavy atom. The molecule has 0 aliphatic carbocycles. The highest BCUT2D eigenvalue weighted by molar-refractivity contribution is 5.35. The third-order valence-electron chi connectivity index (χ3n) is 3.08. The van der Waals surface area contributed by atoms with E-state index in [2.05, 4.69) is 36.3 Å². The molecule has 0 aliphatic rings. The summed E-state index contributed by atoms with van der Waals surface area (Å²) in [6.07, 6.45) is 1.77. The number of hydrogen-bond donors (Lipinski definition) is 1. The lowest BCUT2D eigenvalue weighted by Crippen LogP contribution is -2.17. The quantitative estimate of drug-likeness (QED) is 0.882. The van der Waals surface area contributed by atoms with Crippen LogP contribution >= 0.6 is 0 Å². The van der Waals surface area contributed by atoms with Gasteiger partial charge in [0, 0.05) is 12.2 Å². The molecule has 0 saturated heterocycles. The Hall–Kier alpha value is -1.87. The van der Waals surface area contributed by atoms with Crippen LogP contribution in [0.25, 0.3) is 0 Å². The first kappa shape index (κ1) is 13.6. The Morgan fingerprint density at radius 3 is 2.58 bits per heavy atom. The molecule has 1 unspecified atom stereocenters. The molecule has 2 rings (SSSR count). The van der Waals surface area contributed by atoms with Crippen LogP contribution in [0.15, 0.2) is 42.6 Å². The molecule has 3 heteroatoms. The smallest absolute Gasteiger partial charge is 0.148 e. The number of aromatic nitrogens is 1. The number of rotatable bonds is 5. The highest BCUT2D eigenvalue weighted by Gasteiger charge is 2.05. The van der Waals surface area contributed by atoms with Crippen LogP contribution in [0.1, 0.15) is 31.1 Å². The monoisotopic (exact) mass is 256 g/mol. The van der Waals surface area contributed by atoms with Crippen molar-refractivity contribution in [2.45, 2.75) is 26.8 Å². The zero-order chi connectivity index (χ0) is 13.7. The standard InChI is InChI=1S/C16H20N2O/c1-4-17-12(2)14-7-9-15(10-8-14)19-16-6-5-11-18-13(16)3/h5-12,17H,4H2,1-3H3. The zero-order valence-electron chi connectivity index (χ0n) is 11.7. The molecule has 0 saturated carbocycles. The molecule has 2 aromatic rings. The number of aryl methyl sites for hydroxylation is 1. The molecule has 0 spiro atoms. The second-order valence-corrected chi connectivity index (χ2v) is 4.54. The van der Waals surface area contributed by atoms with E-state index in [-0.39, 0.29) is 0 Å². The summed E-state index contributed by atoms with van der Waals surface area (Å²) in [6, 6.07) is 12.3. The Kier molecular flexibility index (Phi) is 4.53. The van der Waals surface area contributed by atoms with Gasteiger partial charge in [-0.2, -0.15) is 0 Å². The van der Waals surface area contributed by atoms with Crippen LogP contribution in [-0.2, 0) is 0 Å². The summed E-state index contributed by atoms with van der Waals surface area (Å²) in [5.41, 5.74) is 2.16. The maximum atomic E-state index is 5.82. The first-order valence-corrected chi connectivity index (χ1v) is 6.63. The molecular formula is C16H20N2O. The highest BCUT2D eigenvalue weighted by Crippen LogP contribution is 2.24. The fraction of sp³-hybridized carbons (Fsp3) is 0.312. The van der Waals surface area contributed by atoms with Gasteiger partial charge in [-0.3, -0.25) is 4.98 Å². The maximum Gasteiger partial charge on any atom is 0.148 e. The molecule has 0 fully saturated rings. The largest absolute Gasteiger partial charge is 0.455 e. The maximum absolute atomic E-state index is 5.82. The molecule has 19 heavy (non-hydrogen) atoms. The second-order valence-electron chi connectivity index (χ2n) is 4.54. The lowest BCUT2D eigenvalue weighted by atomic mass is 10.1. The number of pyridine rings is 1. The van der Waals surface area contributed by atoms with Crippen molar-refractivity contribution in [3.63, 3.8) is 0 Å². The lowest BCUT2D eigenvalue weighted by Gasteiger charge is -2.13. The normalized spacial score (nSPS) is 12.2. The van der Waals surface area contributed by atoms with Crippen molar-refractivity contribution < 1.29 is 4.74 Å². The van der Waals surface area contributed by atoms with Crippen molar-refractivity contribution in [1.29, 1.82) is 0 Å². The van der Waals surface area contributed by atoms with Gasteiger partial charge in [-0.15, -0.1) is 0 Å². The van der Waals surface area contributed by atoms with E-state index in [0.29, 0.717) is 6.04 Å². The van der Waals surface area contributed by atoms with Gasteiger partial charge in [0.25, 0.3) is 0 Å². The van der Waals surface area contributed by atoms with E-state index >= 15 is 0 Å². The van der Waals surface area contributed by atoms with E-state index in [9.17, 15) is 0 Å². The summed E-state index contributed by atoms with van der Waals surface area (Å²) in [5, 5.41) is 3.39. The van der Waals surface area contributed by atoms with Crippen molar-refractivity contribution in [1.82, 2.24) is 10.3 Å². The van der Waals surface area contributed by atoms with Gasteiger partial charge in [0.2, 0.25) is 0 Å². The van der Waals surface area contributed by atoms with Crippen LogP contribution in [-0.4, -0.2) is 11.5 Å². The van der Waals surface area contributed by atoms with Crippen molar-refractivity contribution >= 4 is 0 Å². The van der Waals surface area contributed by atoms with E-state index in [0.717, 1.165) is 23.7 Å². The molecule has 3 nitrogen and oxygen atoms in total. The Balaban J connectivity index is 2.09. The molecule has 1 aromatic heterocycles. The average Bonchev–Trinajstić information content (AvgIpc) is 2.42. The van der Waals surface area contributed by atoms with Gasteiger partial charge < -0.3 is 10.1 Å². The third-order valence-corrected chi connectivity index (χ3v) is 3.08. The van der Waals surface area contributed by atoms with E-state index < -0.39 is 0 Å². The fourth-order valence-corrected chi connectivity index (χ4v) is 1.95. The lowest BCUT2D eigenvalue weighted by molar-refractivity contribution is 0.475. The molecule has 1 heterocycles. The number of hydrogen-bond acceptors (Lipinski definition) is 3. The van der Waals surface area contributed by atoms with Gasteiger partial charge in [-0.25, -0.2) is 0 Å². The molecule has 1 atom stereocenters. The van der Waals surface area contributed by atoms with E-state index in [1.54, 1.807) is 6.20 Å². The van der Waals surface area contributed by atoms with Gasteiger partial charge in [0.05, 0.1) is 5.69 Å². The van der Waals surface area contributed by atoms with Crippen LogP contribution < -0.4 is 10.1 Å². The van der Waals surface area contributed by atoms with Crippen LogP contribution in [0.3, 0.4) is 0 Å². The molecular weight excluding hydrogens is 236 g/mol. The first-order chi connectivity index (χ1) is 9.20. The van der Waals surface area contributed by atoms with Gasteiger partial charge in [-0.05, 0) is 50.2 Å². The van der Waals surface area contributed by atoms with Gasteiger partial charge in [0.15, 0.2) is 0 Å². The fourth-order valence-electron chi connectivity index (χ4n) is 1.95. The van der Waals surface area contributed by atoms with E-state index in [1.807, 2.05) is 31.2 Å². The first-order valence-electron chi connectivity index (χ1n) is 6.63. The molecule has 0 amide bonds. The number of nitrogens with zero attached hydrogens (tertiary/aromatic N) is 1. The van der Waals surface area contributed by atoms with Crippen molar-refractivity contribution in [2.24, 2.45) is 0 Å². The summed E-state index contributed by atoms with van der Waals surface area (Å²) >= 11 is 0. The molecule has 0 radical (unpaired) electrons. The van der Waals surface area contributed by atoms with Crippen LogP contribution in [0.2, 0.25) is 0 Å². The molecule has 100 valence electrons. The minimum absolute atomic E-state index is 0.360. The third kappa shape index (κ3) is 3.55. The predicted octanol–water partition coefficient (Wildman–Crippen LogP) is 3.85. The molecule has 1 aromatic carbocycles. The average molecular weight is 256 g/mol. The Bertz CT molecular complexity index is 523. The van der Waals surface area contributed by atoms with Gasteiger partial charge in [0.1, 0.15) is 11.5 Å². The molecule has 0 aliphatic heterocycles. The van der Waals surface area contributed by atoms with Gasteiger partial charge in [-0.1, -0.05) is 19.1 Å². The number of nitrogens with one attached hydrogen (secondary N) is 1. The van der Waals surface area contributed by atoms with Crippen molar-refractivity contribution in [3.05, 3.63) is 53.9 Å². The summed E-state index contributed by atoms with van der Waals surface area (Å²) in [5.74, 6) is 1.64. The van der Waals surface area contributed by atoms with E-state index in [1.165, 1.54) is 5.56 Å². The number of ether oxygens (including phenoxy) is 1. The van der Waals surface area contributed by atoms with Crippen LogP contribution in [0.5, 0.6) is 11.5 Å². The Morgan fingerprint density at radius 2 is 1.95 bits per heavy atom. The molecule has 0 bridgehead atoms. The van der Waals surface area contributed by atoms with Crippen LogP contribution in [0, 0.1) is 6.92 Å². The van der Waals surface area contributed by atoms with Crippen molar-refractivity contribution in [2.75, 3.05) is 6.54 Å². The summed E-state index contributed by atoms with van der Waals surface area (Å²) in [7, 11) is 0. The van der Waals surface area contributed by atoms with Crippen LogP contribution in [0.4, 0.5) is 0 Å². The van der Waals surface area contributed by atoms with E-state index in [4.69, 9.17) is 4.74 Å². The minimum Gasteiger partial charge on any atom is -0.455 e. The minimum atomic E-state index is 0.360. The predicted molar refractivity (Wildman–Crippen MR) is 77.6 cm³/mol. The SMILES string of the molecule is CCNC(C)c1ccc(Oc2cccnc2C)cc1. The topological polar surface area (TPSA) is 34.1 Å².